The van der Waals surface area contributed by atoms with Crippen LogP contribution in [0.4, 0.5) is 5.00 Å². The molecule has 3 rings (SSSR count). The van der Waals surface area contributed by atoms with Crippen LogP contribution in [-0.2, 0) is 17.6 Å². The lowest BCUT2D eigenvalue weighted by Gasteiger charge is -2.17. The Bertz CT molecular complexity index is 773. The van der Waals surface area contributed by atoms with Crippen LogP contribution in [0.25, 0.3) is 0 Å². The van der Waals surface area contributed by atoms with Gasteiger partial charge in [-0.3, -0.25) is 4.79 Å². The van der Waals surface area contributed by atoms with E-state index in [2.05, 4.69) is 18.3 Å². The molecule has 0 saturated carbocycles. The van der Waals surface area contributed by atoms with Crippen LogP contribution < -0.4 is 5.32 Å². The average molecular weight is 338 g/mol. The molecule has 0 radical (unpaired) electrons. The first-order valence-corrected chi connectivity index (χ1v) is 9.36. The summed E-state index contributed by atoms with van der Waals surface area (Å²) in [6.45, 7) is 4.26. The predicted octanol–water partition coefficient (Wildman–Crippen LogP) is 4.88. The van der Waals surface area contributed by atoms with Gasteiger partial charge in [-0.25, -0.2) is 0 Å². The van der Waals surface area contributed by atoms with Gasteiger partial charge in [-0.15, -0.1) is 11.3 Å². The fourth-order valence-electron chi connectivity index (χ4n) is 3.41. The maximum atomic E-state index is 12.8. The van der Waals surface area contributed by atoms with Crippen molar-refractivity contribution in [1.82, 2.24) is 0 Å². The number of carbonyl (C=O) groups excluding carboxylic acids is 1. The molecular formula is C20H22N2OS. The van der Waals surface area contributed by atoms with Crippen molar-refractivity contribution in [3.05, 3.63) is 51.9 Å². The molecule has 1 aromatic carbocycles. The molecule has 0 saturated heterocycles. The summed E-state index contributed by atoms with van der Waals surface area (Å²) in [7, 11) is 0. The van der Waals surface area contributed by atoms with Crippen LogP contribution in [0.2, 0.25) is 0 Å². The first kappa shape index (κ1) is 16.7. The highest BCUT2D eigenvalue weighted by Gasteiger charge is 2.26. The minimum Gasteiger partial charge on any atom is -0.316 e. The number of hydrogen-bond donors (Lipinski definition) is 1. The van der Waals surface area contributed by atoms with E-state index < -0.39 is 0 Å². The van der Waals surface area contributed by atoms with Crippen molar-refractivity contribution >= 4 is 22.2 Å². The lowest BCUT2D eigenvalue weighted by Crippen LogP contribution is -2.20. The minimum absolute atomic E-state index is 0.0214. The number of nitriles is 1. The average Bonchev–Trinajstić information content (AvgIpc) is 2.92. The maximum absolute atomic E-state index is 12.8. The Hall–Kier alpha value is -2.12. The Kier molecular flexibility index (Phi) is 5.01. The van der Waals surface area contributed by atoms with E-state index in [1.807, 2.05) is 37.3 Å². The molecule has 2 unspecified atom stereocenters. The van der Waals surface area contributed by atoms with Gasteiger partial charge in [0.1, 0.15) is 11.1 Å². The summed E-state index contributed by atoms with van der Waals surface area (Å²) >= 11 is 1.59. The number of thiophene rings is 1. The van der Waals surface area contributed by atoms with Gasteiger partial charge in [-0.2, -0.15) is 5.26 Å². The van der Waals surface area contributed by atoms with E-state index in [-0.39, 0.29) is 11.8 Å². The summed E-state index contributed by atoms with van der Waals surface area (Å²) < 4.78 is 0. The van der Waals surface area contributed by atoms with Crippen LogP contribution >= 0.6 is 11.3 Å². The van der Waals surface area contributed by atoms with E-state index in [0.717, 1.165) is 41.8 Å². The van der Waals surface area contributed by atoms with Crippen molar-refractivity contribution in [2.24, 2.45) is 5.92 Å². The Balaban J connectivity index is 1.86. The van der Waals surface area contributed by atoms with E-state index in [9.17, 15) is 10.1 Å². The molecule has 4 heteroatoms. The van der Waals surface area contributed by atoms with E-state index >= 15 is 0 Å². The Labute approximate surface area is 147 Å². The number of fused-ring (bicyclic) bond motifs is 1. The standard InChI is InChI=1S/C20H22N2OS/c1-3-15(14-7-5-4-6-8-14)19(23)22-20-17(12-21)16-10-9-13(2)11-18(16)24-20/h4-8,13,15H,3,9-11H2,1-2H3,(H,22,23). The third kappa shape index (κ3) is 3.22. The monoisotopic (exact) mass is 338 g/mol. The molecule has 0 aliphatic heterocycles. The van der Waals surface area contributed by atoms with E-state index in [0.29, 0.717) is 11.5 Å². The number of rotatable bonds is 4. The van der Waals surface area contributed by atoms with Crippen molar-refractivity contribution in [2.75, 3.05) is 5.32 Å². The van der Waals surface area contributed by atoms with Crippen LogP contribution in [0.1, 0.15) is 54.2 Å². The summed E-state index contributed by atoms with van der Waals surface area (Å²) in [6.07, 6.45) is 3.81. The molecule has 1 aliphatic rings. The lowest BCUT2D eigenvalue weighted by atomic mass is 9.88. The van der Waals surface area contributed by atoms with Crippen molar-refractivity contribution in [3.8, 4) is 6.07 Å². The fraction of sp³-hybridized carbons (Fsp3) is 0.400. The Morgan fingerprint density at radius 3 is 2.83 bits per heavy atom. The topological polar surface area (TPSA) is 52.9 Å². The van der Waals surface area contributed by atoms with Gasteiger partial charge in [-0.05, 0) is 42.7 Å². The van der Waals surface area contributed by atoms with Gasteiger partial charge in [0, 0.05) is 4.88 Å². The van der Waals surface area contributed by atoms with Crippen LogP contribution in [0.15, 0.2) is 30.3 Å². The van der Waals surface area contributed by atoms with Crippen molar-refractivity contribution in [2.45, 2.75) is 45.4 Å². The SMILES string of the molecule is CCC(C(=O)Nc1sc2c(c1C#N)CCC(C)C2)c1ccccc1. The zero-order valence-electron chi connectivity index (χ0n) is 14.1. The third-order valence-electron chi connectivity index (χ3n) is 4.79. The number of benzene rings is 1. The van der Waals surface area contributed by atoms with Gasteiger partial charge in [0.2, 0.25) is 5.91 Å². The Morgan fingerprint density at radius 2 is 2.17 bits per heavy atom. The highest BCUT2D eigenvalue weighted by Crippen LogP contribution is 2.39. The molecule has 0 spiro atoms. The number of carbonyl (C=O) groups is 1. The lowest BCUT2D eigenvalue weighted by molar-refractivity contribution is -0.117. The molecule has 1 amide bonds. The number of nitrogens with one attached hydrogen (secondary N) is 1. The minimum atomic E-state index is -0.184. The van der Waals surface area contributed by atoms with Crippen LogP contribution in [0, 0.1) is 17.2 Å². The van der Waals surface area contributed by atoms with Gasteiger partial charge in [0.15, 0.2) is 0 Å². The summed E-state index contributed by atoms with van der Waals surface area (Å²) in [5.74, 6) is 0.446. The second kappa shape index (κ2) is 7.19. The highest BCUT2D eigenvalue weighted by atomic mass is 32.1. The normalized spacial score (nSPS) is 17.6. The van der Waals surface area contributed by atoms with Gasteiger partial charge < -0.3 is 5.32 Å². The van der Waals surface area contributed by atoms with Crippen molar-refractivity contribution < 1.29 is 4.79 Å². The second-order valence-corrected chi connectivity index (χ2v) is 7.63. The molecule has 2 aromatic rings. The largest absolute Gasteiger partial charge is 0.316 e. The zero-order chi connectivity index (χ0) is 17.1. The van der Waals surface area contributed by atoms with Crippen LogP contribution in [-0.4, -0.2) is 5.91 Å². The van der Waals surface area contributed by atoms with Crippen LogP contribution in [0.5, 0.6) is 0 Å². The fourth-order valence-corrected chi connectivity index (χ4v) is 4.78. The third-order valence-corrected chi connectivity index (χ3v) is 5.96. The quantitative estimate of drug-likeness (QED) is 0.864. The molecule has 24 heavy (non-hydrogen) atoms. The molecule has 124 valence electrons. The summed E-state index contributed by atoms with van der Waals surface area (Å²) in [5, 5.41) is 13.3. The predicted molar refractivity (Wildman–Crippen MR) is 98.3 cm³/mol. The number of anilines is 1. The molecule has 1 aromatic heterocycles. The van der Waals surface area contributed by atoms with Gasteiger partial charge in [0.05, 0.1) is 11.5 Å². The van der Waals surface area contributed by atoms with Gasteiger partial charge in [-0.1, -0.05) is 44.2 Å². The number of hydrogen-bond acceptors (Lipinski definition) is 3. The zero-order valence-corrected chi connectivity index (χ0v) is 15.0. The van der Waals surface area contributed by atoms with E-state index in [4.69, 9.17) is 0 Å². The van der Waals surface area contributed by atoms with Gasteiger partial charge >= 0.3 is 0 Å². The maximum Gasteiger partial charge on any atom is 0.232 e. The van der Waals surface area contributed by atoms with E-state index in [1.165, 1.54) is 4.88 Å². The smallest absolute Gasteiger partial charge is 0.232 e. The molecular weight excluding hydrogens is 316 g/mol. The molecule has 3 nitrogen and oxygen atoms in total. The van der Waals surface area contributed by atoms with E-state index in [1.54, 1.807) is 11.3 Å². The number of nitrogens with zero attached hydrogens (tertiary/aromatic N) is 1. The molecule has 1 N–H and O–H groups in total. The summed E-state index contributed by atoms with van der Waals surface area (Å²) in [5.41, 5.74) is 2.85. The van der Waals surface area contributed by atoms with Gasteiger partial charge in [0.25, 0.3) is 0 Å². The first-order chi connectivity index (χ1) is 11.6. The summed E-state index contributed by atoms with van der Waals surface area (Å²) in [6, 6.07) is 12.2. The van der Waals surface area contributed by atoms with Crippen molar-refractivity contribution in [1.29, 1.82) is 5.26 Å². The summed E-state index contributed by atoms with van der Waals surface area (Å²) in [4.78, 5) is 14.0. The molecule has 1 aliphatic carbocycles. The molecule has 2 atom stereocenters. The second-order valence-electron chi connectivity index (χ2n) is 6.53. The molecule has 1 heterocycles. The number of amides is 1. The molecule has 0 bridgehead atoms. The highest BCUT2D eigenvalue weighted by molar-refractivity contribution is 7.16. The molecule has 0 fully saturated rings. The van der Waals surface area contributed by atoms with Crippen molar-refractivity contribution in [3.63, 3.8) is 0 Å². The first-order valence-electron chi connectivity index (χ1n) is 8.54. The van der Waals surface area contributed by atoms with Crippen LogP contribution in [0.3, 0.4) is 0 Å². The Morgan fingerprint density at radius 1 is 1.42 bits per heavy atom.